The average molecular weight is 292 g/mol. The van der Waals surface area contributed by atoms with E-state index in [0.717, 1.165) is 25.7 Å². The largest absolute Gasteiger partial charge is 0.508 e. The fourth-order valence-electron chi connectivity index (χ4n) is 2.45. The van der Waals surface area contributed by atoms with Crippen LogP contribution in [0.3, 0.4) is 0 Å². The first-order valence-electron chi connectivity index (χ1n) is 6.76. The summed E-state index contributed by atoms with van der Waals surface area (Å²) in [7, 11) is 4.05. The lowest BCUT2D eigenvalue weighted by Crippen LogP contribution is -2.45. The maximum absolute atomic E-state index is 13.8. The van der Waals surface area contributed by atoms with Crippen LogP contribution >= 0.6 is 0 Å². The summed E-state index contributed by atoms with van der Waals surface area (Å²) in [5.74, 6) is -0.0420. The number of piperazine rings is 1. The van der Waals surface area contributed by atoms with Gasteiger partial charge >= 0.3 is 0 Å². The molecular formula is C14H17FN4O2. The first kappa shape index (κ1) is 14.0. The highest BCUT2D eigenvalue weighted by molar-refractivity contribution is 5.55. The number of phenolic OH excluding ortho intramolecular Hbond substituents is 1. The third-order valence-corrected chi connectivity index (χ3v) is 3.77. The third kappa shape index (κ3) is 2.74. The van der Waals surface area contributed by atoms with Gasteiger partial charge in [0.25, 0.3) is 5.89 Å². The Bertz CT molecular complexity index is 646. The summed E-state index contributed by atoms with van der Waals surface area (Å²) in [6.07, 6.45) is 0. The molecule has 112 valence electrons. The number of phenols is 1. The fraction of sp³-hybridized carbons (Fsp3) is 0.429. The number of benzene rings is 1. The number of likely N-dealkylation sites (N-methyl/N-ethyl adjacent to an activating group) is 2. The minimum absolute atomic E-state index is 0.0291. The number of hydrogen-bond donors (Lipinski definition) is 1. The Morgan fingerprint density at radius 1 is 1.33 bits per heavy atom. The third-order valence-electron chi connectivity index (χ3n) is 3.77. The van der Waals surface area contributed by atoms with Gasteiger partial charge in [-0.25, -0.2) is 4.39 Å². The monoisotopic (exact) mass is 292 g/mol. The minimum Gasteiger partial charge on any atom is -0.508 e. The Balaban J connectivity index is 1.89. The predicted octanol–water partition coefficient (Wildman–Crippen LogP) is 1.50. The van der Waals surface area contributed by atoms with Crippen molar-refractivity contribution in [3.8, 4) is 17.2 Å². The molecule has 0 spiro atoms. The van der Waals surface area contributed by atoms with Gasteiger partial charge in [-0.2, -0.15) is 4.98 Å². The maximum atomic E-state index is 13.8. The quantitative estimate of drug-likeness (QED) is 0.905. The van der Waals surface area contributed by atoms with Gasteiger partial charge in [-0.3, -0.25) is 4.90 Å². The molecule has 1 saturated heterocycles. The Morgan fingerprint density at radius 2 is 2.14 bits per heavy atom. The summed E-state index contributed by atoms with van der Waals surface area (Å²) in [5, 5.41) is 13.2. The molecule has 6 nitrogen and oxygen atoms in total. The molecule has 1 unspecified atom stereocenters. The van der Waals surface area contributed by atoms with Crippen LogP contribution in [0.25, 0.3) is 11.5 Å². The van der Waals surface area contributed by atoms with Crippen molar-refractivity contribution in [3.63, 3.8) is 0 Å². The van der Waals surface area contributed by atoms with Gasteiger partial charge < -0.3 is 14.5 Å². The molecule has 3 rings (SSSR count). The molecule has 1 aromatic carbocycles. The second-order valence-corrected chi connectivity index (χ2v) is 5.38. The van der Waals surface area contributed by atoms with Crippen molar-refractivity contribution >= 4 is 0 Å². The molecule has 7 heteroatoms. The van der Waals surface area contributed by atoms with Crippen molar-refractivity contribution in [1.29, 1.82) is 0 Å². The molecule has 21 heavy (non-hydrogen) atoms. The van der Waals surface area contributed by atoms with Crippen LogP contribution in [0.4, 0.5) is 4.39 Å². The molecular weight excluding hydrogens is 275 g/mol. The SMILES string of the molecule is CN1CCN(C)C(c2noc(-c3ccc(O)cc3F)n2)C1. The highest BCUT2D eigenvalue weighted by Gasteiger charge is 2.28. The zero-order valence-electron chi connectivity index (χ0n) is 12.0. The van der Waals surface area contributed by atoms with E-state index in [4.69, 9.17) is 4.52 Å². The molecule has 1 aliphatic heterocycles. The topological polar surface area (TPSA) is 65.6 Å². The summed E-state index contributed by atoms with van der Waals surface area (Å²) in [6, 6.07) is 3.88. The van der Waals surface area contributed by atoms with E-state index in [1.54, 1.807) is 0 Å². The first-order valence-corrected chi connectivity index (χ1v) is 6.76. The highest BCUT2D eigenvalue weighted by Crippen LogP contribution is 2.27. The fourth-order valence-corrected chi connectivity index (χ4v) is 2.45. The van der Waals surface area contributed by atoms with Crippen molar-refractivity contribution in [2.24, 2.45) is 0 Å². The molecule has 0 amide bonds. The summed E-state index contributed by atoms with van der Waals surface area (Å²) in [6.45, 7) is 2.70. The van der Waals surface area contributed by atoms with E-state index in [-0.39, 0.29) is 23.2 Å². The molecule has 1 aromatic heterocycles. The minimum atomic E-state index is -0.584. The van der Waals surface area contributed by atoms with E-state index in [2.05, 4.69) is 19.9 Å². The molecule has 1 N–H and O–H groups in total. The Morgan fingerprint density at radius 3 is 2.90 bits per heavy atom. The van der Waals surface area contributed by atoms with Crippen LogP contribution in [0.1, 0.15) is 11.9 Å². The van der Waals surface area contributed by atoms with Crippen molar-refractivity contribution < 1.29 is 14.0 Å². The standard InChI is InChI=1S/C14H17FN4O2/c1-18-5-6-19(2)12(8-18)13-16-14(21-17-13)10-4-3-9(20)7-11(10)15/h3-4,7,12,20H,5-6,8H2,1-2H3. The molecule has 1 atom stereocenters. The van der Waals surface area contributed by atoms with Gasteiger partial charge in [-0.15, -0.1) is 0 Å². The second-order valence-electron chi connectivity index (χ2n) is 5.38. The van der Waals surface area contributed by atoms with Crippen molar-refractivity contribution in [2.45, 2.75) is 6.04 Å². The predicted molar refractivity (Wildman–Crippen MR) is 74.2 cm³/mol. The van der Waals surface area contributed by atoms with Gasteiger partial charge in [-0.1, -0.05) is 5.16 Å². The normalized spacial score (nSPS) is 20.8. The number of nitrogens with zero attached hydrogens (tertiary/aromatic N) is 4. The number of aromatic nitrogens is 2. The van der Waals surface area contributed by atoms with Gasteiger partial charge in [0, 0.05) is 25.7 Å². The van der Waals surface area contributed by atoms with Crippen LogP contribution in [0.15, 0.2) is 22.7 Å². The van der Waals surface area contributed by atoms with Gasteiger partial charge in [0.1, 0.15) is 11.6 Å². The summed E-state index contributed by atoms with van der Waals surface area (Å²) in [5.41, 5.74) is 0.193. The van der Waals surface area contributed by atoms with Crippen molar-refractivity contribution in [2.75, 3.05) is 33.7 Å². The molecule has 0 radical (unpaired) electrons. The molecule has 0 bridgehead atoms. The van der Waals surface area contributed by atoms with Crippen LogP contribution in [0.5, 0.6) is 5.75 Å². The smallest absolute Gasteiger partial charge is 0.260 e. The van der Waals surface area contributed by atoms with Crippen LogP contribution in [0.2, 0.25) is 0 Å². The molecule has 2 heterocycles. The van der Waals surface area contributed by atoms with E-state index in [1.165, 1.54) is 12.1 Å². The van der Waals surface area contributed by atoms with E-state index in [1.807, 2.05) is 14.1 Å². The lowest BCUT2D eigenvalue weighted by molar-refractivity contribution is 0.108. The molecule has 2 aromatic rings. The lowest BCUT2D eigenvalue weighted by Gasteiger charge is -2.35. The van der Waals surface area contributed by atoms with Crippen LogP contribution in [0, 0.1) is 5.82 Å². The van der Waals surface area contributed by atoms with Crippen LogP contribution in [-0.2, 0) is 0 Å². The van der Waals surface area contributed by atoms with E-state index in [0.29, 0.717) is 5.82 Å². The molecule has 0 aliphatic carbocycles. The van der Waals surface area contributed by atoms with Crippen molar-refractivity contribution in [3.05, 3.63) is 29.8 Å². The number of halogens is 1. The zero-order chi connectivity index (χ0) is 15.0. The van der Waals surface area contributed by atoms with E-state index < -0.39 is 5.82 Å². The molecule has 0 saturated carbocycles. The Kier molecular flexibility index (Phi) is 3.60. The molecule has 1 fully saturated rings. The van der Waals surface area contributed by atoms with Gasteiger partial charge in [0.15, 0.2) is 5.82 Å². The number of rotatable bonds is 2. The lowest BCUT2D eigenvalue weighted by atomic mass is 10.1. The second kappa shape index (κ2) is 5.42. The van der Waals surface area contributed by atoms with Crippen LogP contribution < -0.4 is 0 Å². The Labute approximate surface area is 121 Å². The van der Waals surface area contributed by atoms with Gasteiger partial charge in [0.05, 0.1) is 11.6 Å². The summed E-state index contributed by atoms with van der Waals surface area (Å²) in [4.78, 5) is 8.66. The maximum Gasteiger partial charge on any atom is 0.260 e. The van der Waals surface area contributed by atoms with Gasteiger partial charge in [-0.05, 0) is 26.2 Å². The average Bonchev–Trinajstić information content (AvgIpc) is 2.91. The van der Waals surface area contributed by atoms with E-state index in [9.17, 15) is 9.50 Å². The zero-order valence-corrected chi connectivity index (χ0v) is 12.0. The van der Waals surface area contributed by atoms with E-state index >= 15 is 0 Å². The highest BCUT2D eigenvalue weighted by atomic mass is 19.1. The first-order chi connectivity index (χ1) is 10.0. The number of aromatic hydroxyl groups is 1. The van der Waals surface area contributed by atoms with Gasteiger partial charge in [0.2, 0.25) is 0 Å². The summed E-state index contributed by atoms with van der Waals surface area (Å²) < 4.78 is 19.0. The number of hydrogen-bond acceptors (Lipinski definition) is 6. The van der Waals surface area contributed by atoms with Crippen molar-refractivity contribution in [1.82, 2.24) is 19.9 Å². The molecule has 1 aliphatic rings. The van der Waals surface area contributed by atoms with Crippen LogP contribution in [-0.4, -0.2) is 58.8 Å². The Hall–Kier alpha value is -1.99. The summed E-state index contributed by atoms with van der Waals surface area (Å²) >= 11 is 0.